The summed E-state index contributed by atoms with van der Waals surface area (Å²) in [6, 6.07) is 13.7. The second-order valence-corrected chi connectivity index (χ2v) is 7.26. The van der Waals surface area contributed by atoms with E-state index in [1.165, 1.54) is 0 Å². The lowest BCUT2D eigenvalue weighted by Crippen LogP contribution is -2.44. The average Bonchev–Trinajstić information content (AvgIpc) is 3.31. The molecule has 150 valence electrons. The molecule has 0 radical (unpaired) electrons. The molecule has 0 amide bonds. The van der Waals surface area contributed by atoms with Crippen LogP contribution in [-0.2, 0) is 0 Å². The highest BCUT2D eigenvalue weighted by atomic mass is 16.4. The van der Waals surface area contributed by atoms with Gasteiger partial charge in [0.1, 0.15) is 11.5 Å². The molecule has 0 N–H and O–H groups in total. The molecule has 1 aliphatic rings. The van der Waals surface area contributed by atoms with E-state index in [1.54, 1.807) is 12.4 Å². The molecule has 4 aromatic rings. The van der Waals surface area contributed by atoms with Gasteiger partial charge in [-0.1, -0.05) is 18.2 Å². The molecule has 0 aliphatic carbocycles. The molecule has 0 spiro atoms. The molecule has 1 aromatic carbocycles. The number of hydrogen-bond donors (Lipinski definition) is 0. The molecule has 0 bridgehead atoms. The molecule has 0 unspecified atom stereocenters. The Bertz CT molecular complexity index is 1120. The molecule has 1 aliphatic heterocycles. The Labute approximate surface area is 174 Å². The van der Waals surface area contributed by atoms with Crippen molar-refractivity contribution >= 4 is 5.82 Å². The van der Waals surface area contributed by atoms with Crippen LogP contribution in [0.3, 0.4) is 0 Å². The van der Waals surface area contributed by atoms with E-state index in [0.717, 1.165) is 43.1 Å². The molecule has 8 heteroatoms. The summed E-state index contributed by atoms with van der Waals surface area (Å²) in [7, 11) is 2.14. The van der Waals surface area contributed by atoms with Gasteiger partial charge in [0.25, 0.3) is 5.89 Å². The van der Waals surface area contributed by atoms with Gasteiger partial charge < -0.3 is 14.2 Å². The van der Waals surface area contributed by atoms with Crippen LogP contribution in [0, 0.1) is 0 Å². The summed E-state index contributed by atoms with van der Waals surface area (Å²) in [5, 5.41) is 8.26. The molecule has 30 heavy (non-hydrogen) atoms. The number of piperazine rings is 1. The first-order valence-corrected chi connectivity index (χ1v) is 9.87. The van der Waals surface area contributed by atoms with Crippen LogP contribution in [0.2, 0.25) is 0 Å². The van der Waals surface area contributed by atoms with Crippen LogP contribution >= 0.6 is 0 Å². The Morgan fingerprint density at radius 3 is 2.30 bits per heavy atom. The second-order valence-electron chi connectivity index (χ2n) is 7.26. The van der Waals surface area contributed by atoms with Crippen molar-refractivity contribution in [2.75, 3.05) is 38.1 Å². The zero-order valence-corrected chi connectivity index (χ0v) is 16.6. The van der Waals surface area contributed by atoms with E-state index < -0.39 is 0 Å². The molecule has 1 saturated heterocycles. The average molecular weight is 399 g/mol. The summed E-state index contributed by atoms with van der Waals surface area (Å²) in [6.45, 7) is 4.07. The number of anilines is 1. The fourth-order valence-corrected chi connectivity index (χ4v) is 3.39. The quantitative estimate of drug-likeness (QED) is 0.518. The smallest absolute Gasteiger partial charge is 0.268 e. The van der Waals surface area contributed by atoms with Gasteiger partial charge in [0.2, 0.25) is 5.89 Å². The van der Waals surface area contributed by atoms with Crippen LogP contribution in [0.1, 0.15) is 0 Å². The molecule has 3 aromatic heterocycles. The molecule has 4 heterocycles. The summed E-state index contributed by atoms with van der Waals surface area (Å²) in [4.78, 5) is 18.2. The minimum Gasteiger partial charge on any atom is -0.415 e. The molecule has 8 nitrogen and oxygen atoms in total. The summed E-state index contributed by atoms with van der Waals surface area (Å²) >= 11 is 0. The van der Waals surface area contributed by atoms with Crippen molar-refractivity contribution in [2.24, 2.45) is 0 Å². The van der Waals surface area contributed by atoms with Crippen LogP contribution in [0.5, 0.6) is 0 Å². The first-order valence-electron chi connectivity index (χ1n) is 9.87. The normalized spacial score (nSPS) is 14.8. The maximum Gasteiger partial charge on any atom is 0.268 e. The Balaban J connectivity index is 1.37. The maximum absolute atomic E-state index is 5.80. The topological polar surface area (TPSA) is 84.1 Å². The van der Waals surface area contributed by atoms with Crippen molar-refractivity contribution in [1.82, 2.24) is 30.0 Å². The number of rotatable bonds is 4. The SMILES string of the molecule is CN1CCN(c2ccc(-c3cncc(-c4nnc(-c5ccccc5)o4)n3)cn2)CC1. The maximum atomic E-state index is 5.80. The van der Waals surface area contributed by atoms with Gasteiger partial charge >= 0.3 is 0 Å². The Morgan fingerprint density at radius 2 is 1.53 bits per heavy atom. The van der Waals surface area contributed by atoms with Crippen LogP contribution in [0.4, 0.5) is 5.82 Å². The number of benzene rings is 1. The van der Waals surface area contributed by atoms with Crippen molar-refractivity contribution < 1.29 is 4.42 Å². The second kappa shape index (κ2) is 8.00. The molecular weight excluding hydrogens is 378 g/mol. The van der Waals surface area contributed by atoms with Crippen molar-refractivity contribution in [1.29, 1.82) is 0 Å². The predicted molar refractivity (Wildman–Crippen MR) is 114 cm³/mol. The summed E-state index contributed by atoms with van der Waals surface area (Å²) in [5.41, 5.74) is 3.00. The third kappa shape index (κ3) is 3.77. The summed E-state index contributed by atoms with van der Waals surface area (Å²) in [6.07, 6.45) is 5.17. The third-order valence-electron chi connectivity index (χ3n) is 5.17. The molecular formula is C22H21N7O. The van der Waals surface area contributed by atoms with Crippen molar-refractivity contribution in [2.45, 2.75) is 0 Å². The highest BCUT2D eigenvalue weighted by Crippen LogP contribution is 2.25. The fourth-order valence-electron chi connectivity index (χ4n) is 3.39. The predicted octanol–water partition coefficient (Wildman–Crippen LogP) is 3.01. The van der Waals surface area contributed by atoms with Gasteiger partial charge in [0.15, 0.2) is 0 Å². The Kier molecular flexibility index (Phi) is 4.90. The van der Waals surface area contributed by atoms with E-state index in [0.29, 0.717) is 23.2 Å². The lowest BCUT2D eigenvalue weighted by atomic mass is 10.2. The number of pyridine rings is 1. The van der Waals surface area contributed by atoms with E-state index in [-0.39, 0.29) is 0 Å². The van der Waals surface area contributed by atoms with E-state index in [4.69, 9.17) is 4.42 Å². The minimum absolute atomic E-state index is 0.338. The minimum atomic E-state index is 0.338. The highest BCUT2D eigenvalue weighted by Gasteiger charge is 2.16. The number of aromatic nitrogens is 5. The molecule has 5 rings (SSSR count). The van der Waals surface area contributed by atoms with Crippen molar-refractivity contribution in [3.8, 4) is 34.3 Å². The van der Waals surface area contributed by atoms with Crippen LogP contribution < -0.4 is 4.90 Å². The zero-order valence-electron chi connectivity index (χ0n) is 16.6. The van der Waals surface area contributed by atoms with Crippen LogP contribution in [0.25, 0.3) is 34.3 Å². The van der Waals surface area contributed by atoms with Gasteiger partial charge in [0, 0.05) is 43.5 Å². The number of nitrogens with zero attached hydrogens (tertiary/aromatic N) is 7. The van der Waals surface area contributed by atoms with Crippen molar-refractivity contribution in [3.63, 3.8) is 0 Å². The number of likely N-dealkylation sites (N-methyl/N-ethyl adjacent to an activating group) is 1. The largest absolute Gasteiger partial charge is 0.415 e. The van der Waals surface area contributed by atoms with Gasteiger partial charge in [-0.25, -0.2) is 9.97 Å². The van der Waals surface area contributed by atoms with Gasteiger partial charge in [0.05, 0.1) is 18.1 Å². The first-order chi connectivity index (χ1) is 14.8. The number of hydrogen-bond acceptors (Lipinski definition) is 8. The fraction of sp³-hybridized carbons (Fsp3) is 0.227. The van der Waals surface area contributed by atoms with Gasteiger partial charge in [-0.05, 0) is 31.3 Å². The summed E-state index contributed by atoms with van der Waals surface area (Å²) < 4.78 is 5.80. The highest BCUT2D eigenvalue weighted by molar-refractivity contribution is 5.62. The Hall–Kier alpha value is -3.65. The lowest BCUT2D eigenvalue weighted by molar-refractivity contribution is 0.312. The van der Waals surface area contributed by atoms with Gasteiger partial charge in [-0.3, -0.25) is 4.98 Å². The first kappa shape index (κ1) is 18.4. The summed E-state index contributed by atoms with van der Waals surface area (Å²) in [5.74, 6) is 1.78. The van der Waals surface area contributed by atoms with E-state index in [9.17, 15) is 0 Å². The lowest BCUT2D eigenvalue weighted by Gasteiger charge is -2.33. The van der Waals surface area contributed by atoms with Gasteiger partial charge in [-0.2, -0.15) is 0 Å². The standard InChI is InChI=1S/C22H21N7O/c1-28-9-11-29(12-10-28)20-8-7-17(13-24-20)18-14-23-15-19(25-18)22-27-26-21(30-22)16-5-3-2-4-6-16/h2-8,13-15H,9-12H2,1H3. The van der Waals surface area contributed by atoms with Gasteiger partial charge in [-0.15, -0.1) is 10.2 Å². The monoisotopic (exact) mass is 399 g/mol. The van der Waals surface area contributed by atoms with Crippen molar-refractivity contribution in [3.05, 3.63) is 61.1 Å². The van der Waals surface area contributed by atoms with Crippen LogP contribution in [0.15, 0.2) is 65.5 Å². The Morgan fingerprint density at radius 1 is 0.767 bits per heavy atom. The zero-order chi connectivity index (χ0) is 20.3. The van der Waals surface area contributed by atoms with Crippen LogP contribution in [-0.4, -0.2) is 63.3 Å². The molecule has 0 saturated carbocycles. The molecule has 1 fully saturated rings. The van der Waals surface area contributed by atoms with E-state index >= 15 is 0 Å². The molecule has 0 atom stereocenters. The van der Waals surface area contributed by atoms with E-state index in [1.807, 2.05) is 48.7 Å². The van der Waals surface area contributed by atoms with E-state index in [2.05, 4.69) is 42.0 Å². The third-order valence-corrected chi connectivity index (χ3v) is 5.17.